The Kier molecular flexibility index (Phi) is 6.10. The van der Waals surface area contributed by atoms with E-state index in [9.17, 15) is 14.0 Å². The fourth-order valence-corrected chi connectivity index (χ4v) is 6.99. The molecule has 1 saturated heterocycles. The number of alkyl halides is 2. The van der Waals surface area contributed by atoms with E-state index in [1.165, 1.54) is 11.9 Å². The number of imidazole rings is 1. The number of nitrogens with zero attached hydrogens (tertiary/aromatic N) is 6. The first-order valence-electron chi connectivity index (χ1n) is 11.9. The number of hydrogen-bond donors (Lipinski definition) is 2. The van der Waals surface area contributed by atoms with Crippen LogP contribution in [0, 0.1) is 11.3 Å². The summed E-state index contributed by atoms with van der Waals surface area (Å²) in [6.45, 7) is 4.64. The quantitative estimate of drug-likeness (QED) is 0.308. The van der Waals surface area contributed by atoms with Gasteiger partial charge in [0.05, 0.1) is 0 Å². The van der Waals surface area contributed by atoms with Gasteiger partial charge in [-0.15, -0.1) is 0 Å². The van der Waals surface area contributed by atoms with Crippen LogP contribution in [0.1, 0.15) is 49.4 Å². The van der Waals surface area contributed by atoms with Crippen LogP contribution in [0.15, 0.2) is 17.0 Å². The van der Waals surface area contributed by atoms with Crippen LogP contribution >= 0.6 is 11.9 Å². The molecule has 13 heteroatoms. The minimum atomic E-state index is -2.62. The van der Waals surface area contributed by atoms with Gasteiger partial charge < -0.3 is 0 Å². The molecule has 2 N–H and O–H groups in total. The number of halogens is 2. The zero-order valence-electron chi connectivity index (χ0n) is 19.9. The van der Waals surface area contributed by atoms with Gasteiger partial charge in [0.1, 0.15) is 0 Å². The summed E-state index contributed by atoms with van der Waals surface area (Å²) >= 11 is 0.732. The summed E-state index contributed by atoms with van der Waals surface area (Å²) in [5.41, 5.74) is 0.400. The Morgan fingerprint density at radius 2 is 2.11 bits per heavy atom. The predicted octanol–water partition coefficient (Wildman–Crippen LogP) is 2.87. The molecule has 2 saturated carbocycles. The first-order chi connectivity index (χ1) is 17.4. The maximum atomic E-state index is 13.4. The van der Waals surface area contributed by atoms with Gasteiger partial charge in [-0.05, 0) is 0 Å². The van der Waals surface area contributed by atoms with Crippen LogP contribution in [-0.2, 0) is 10.3 Å². The number of hydrogen-bond acceptors (Lipinski definition) is 9. The maximum absolute atomic E-state index is 13.4. The summed E-state index contributed by atoms with van der Waals surface area (Å²) in [6, 6.07) is 6.81. The number of methoxy groups -OCH3 is 1. The Bertz CT molecular complexity index is 1350. The molecule has 1 atom stereocenters. The molecule has 0 unspecified atom stereocenters. The molecule has 3 fully saturated rings. The van der Waals surface area contributed by atoms with Crippen molar-refractivity contribution < 1.29 is 13.5 Å². The molecule has 0 amide bonds. The number of anilines is 1. The molecule has 4 heterocycles. The zero-order chi connectivity index (χ0) is 25.1. The van der Waals surface area contributed by atoms with Crippen molar-refractivity contribution in [3.8, 4) is 16.3 Å². The van der Waals surface area contributed by atoms with Crippen molar-refractivity contribution in [1.82, 2.24) is 29.6 Å². The average Bonchev–Trinajstić information content (AvgIpc) is 3.76. The van der Waals surface area contributed by atoms with E-state index in [1.807, 2.05) is 6.07 Å². The number of pyridine rings is 1. The summed E-state index contributed by atoms with van der Waals surface area (Å²) in [4.78, 5) is 8.27. The van der Waals surface area contributed by atoms with Gasteiger partial charge >= 0.3 is 218 Å². The van der Waals surface area contributed by atoms with Crippen molar-refractivity contribution in [1.29, 1.82) is 5.26 Å². The number of nitriles is 1. The molecule has 0 aromatic carbocycles. The standard InChI is InChI=1S/C23H26F2N8OSSe/c1-13-11-32(8-7-27-13)16-10-14(35-31-22(12-26)3-4-22)9-15-17(19-29-30-20(36-19)18(24)25)28-21(33(15)16)23(34-2)5-6-23/h9-10,13,18,27,31H,3-8,11H2,1-2H3/t13-/m0/s1. The topological polar surface area (TPSA) is 103 Å². The molecule has 190 valence electrons. The van der Waals surface area contributed by atoms with Crippen LogP contribution in [-0.4, -0.2) is 72.4 Å². The van der Waals surface area contributed by atoms with Crippen LogP contribution in [0.25, 0.3) is 15.8 Å². The second-order valence-corrected chi connectivity index (χ2v) is 12.7. The van der Waals surface area contributed by atoms with E-state index in [4.69, 9.17) is 9.72 Å². The van der Waals surface area contributed by atoms with E-state index in [2.05, 4.69) is 48.6 Å². The Hall–Kier alpha value is -2.07. The number of nitrogens with one attached hydrogen (secondary N) is 2. The zero-order valence-corrected chi connectivity index (χ0v) is 22.5. The van der Waals surface area contributed by atoms with Crippen molar-refractivity contribution in [2.24, 2.45) is 0 Å². The van der Waals surface area contributed by atoms with Crippen molar-refractivity contribution in [3.05, 3.63) is 22.5 Å². The Balaban J connectivity index is 1.54. The third-order valence-corrected chi connectivity index (χ3v) is 9.98. The predicted molar refractivity (Wildman–Crippen MR) is 132 cm³/mol. The molecule has 3 aliphatic rings. The van der Waals surface area contributed by atoms with E-state index in [0.717, 1.165) is 67.4 Å². The third kappa shape index (κ3) is 4.23. The van der Waals surface area contributed by atoms with Gasteiger partial charge in [0, 0.05) is 0 Å². The summed E-state index contributed by atoms with van der Waals surface area (Å²) < 4.78 is 38.5. The molecule has 9 nitrogen and oxygen atoms in total. The molecule has 3 aromatic rings. The summed E-state index contributed by atoms with van der Waals surface area (Å²) in [5.74, 6) is 1.76. The summed E-state index contributed by atoms with van der Waals surface area (Å²) in [5, 5.41) is 20.9. The first kappa shape index (κ1) is 24.3. The molecule has 0 spiro atoms. The molecule has 2 aliphatic carbocycles. The average molecular weight is 580 g/mol. The molecule has 0 bridgehead atoms. The number of piperazine rings is 1. The number of ether oxygens (including phenoxy) is 1. The molecule has 1 aliphatic heterocycles. The van der Waals surface area contributed by atoms with Gasteiger partial charge in [0.2, 0.25) is 0 Å². The fourth-order valence-electron chi connectivity index (χ4n) is 4.63. The number of aromatic nitrogens is 4. The van der Waals surface area contributed by atoms with Gasteiger partial charge in [-0.1, -0.05) is 0 Å². The molecule has 6 rings (SSSR count). The van der Waals surface area contributed by atoms with E-state index in [1.54, 1.807) is 7.11 Å². The van der Waals surface area contributed by atoms with Crippen LogP contribution in [0.4, 0.5) is 14.6 Å². The summed E-state index contributed by atoms with van der Waals surface area (Å²) in [7, 11) is 1.69. The van der Waals surface area contributed by atoms with E-state index >= 15 is 0 Å². The molecular formula is C23H26F2N8OSSe. The van der Waals surface area contributed by atoms with E-state index in [-0.39, 0.29) is 4.57 Å². The first-order valence-corrected chi connectivity index (χ1v) is 14.5. The monoisotopic (exact) mass is 580 g/mol. The van der Waals surface area contributed by atoms with Gasteiger partial charge in [-0.3, -0.25) is 0 Å². The van der Waals surface area contributed by atoms with Gasteiger partial charge in [0.15, 0.2) is 0 Å². The Morgan fingerprint density at radius 3 is 2.72 bits per heavy atom. The second kappa shape index (κ2) is 9.04. The van der Waals surface area contributed by atoms with Crippen LogP contribution in [0.5, 0.6) is 0 Å². The SMILES string of the molecule is COC1(c2nc(-c3nnc(C(F)F)[se]3)c3cc(SNC4(C#N)CC4)cc(N4CCN[C@@H](C)C4)n23)CC1. The second-order valence-electron chi connectivity index (χ2n) is 9.70. The van der Waals surface area contributed by atoms with Crippen LogP contribution < -0.4 is 14.9 Å². The number of fused-ring (bicyclic) bond motifs is 1. The molecule has 0 radical (unpaired) electrons. The van der Waals surface area contributed by atoms with Crippen molar-refractivity contribution >= 4 is 37.8 Å². The molecular weight excluding hydrogens is 553 g/mol. The van der Waals surface area contributed by atoms with E-state index < -0.39 is 32.1 Å². The van der Waals surface area contributed by atoms with Crippen molar-refractivity contribution in [2.45, 2.75) is 61.1 Å². The van der Waals surface area contributed by atoms with Gasteiger partial charge in [-0.25, -0.2) is 0 Å². The van der Waals surface area contributed by atoms with Crippen molar-refractivity contribution in [2.75, 3.05) is 31.6 Å². The van der Waals surface area contributed by atoms with Gasteiger partial charge in [-0.2, -0.15) is 0 Å². The number of rotatable bonds is 8. The minimum absolute atomic E-state index is 0.180. The van der Waals surface area contributed by atoms with Gasteiger partial charge in [0.25, 0.3) is 0 Å². The van der Waals surface area contributed by atoms with Crippen LogP contribution in [0.3, 0.4) is 0 Å². The Labute approximate surface area is 217 Å². The van der Waals surface area contributed by atoms with Crippen molar-refractivity contribution in [3.63, 3.8) is 0 Å². The third-order valence-electron chi connectivity index (χ3n) is 7.05. The Morgan fingerprint density at radius 1 is 1.31 bits per heavy atom. The summed E-state index contributed by atoms with van der Waals surface area (Å²) in [6.07, 6.45) is 0.720. The van der Waals surface area contributed by atoms with Crippen LogP contribution in [0.2, 0.25) is 0 Å². The van der Waals surface area contributed by atoms with E-state index in [0.29, 0.717) is 16.3 Å². The normalized spacial score (nSPS) is 22.2. The molecule has 3 aromatic heterocycles. The fraction of sp³-hybridized carbons (Fsp3) is 0.565. The molecule has 36 heavy (non-hydrogen) atoms.